The molecule has 0 saturated heterocycles. The first-order valence-electron chi connectivity index (χ1n) is 5.75. The molecule has 3 N–H and O–H groups in total. The predicted molar refractivity (Wildman–Crippen MR) is 69.3 cm³/mol. The molecular weight excluding hydrogens is 236 g/mol. The van der Waals surface area contributed by atoms with Crippen LogP contribution in [-0.2, 0) is 11.3 Å². The van der Waals surface area contributed by atoms with Gasteiger partial charge in [-0.05, 0) is 30.5 Å². The molecule has 92 valence electrons. The van der Waals surface area contributed by atoms with Crippen LogP contribution in [0.15, 0.2) is 24.3 Å². The van der Waals surface area contributed by atoms with E-state index >= 15 is 0 Å². The van der Waals surface area contributed by atoms with Crippen molar-refractivity contribution in [2.24, 2.45) is 11.1 Å². The summed E-state index contributed by atoms with van der Waals surface area (Å²) in [5.41, 5.74) is 6.65. The average Bonchev–Trinajstić information content (AvgIpc) is 2.97. The zero-order valence-corrected chi connectivity index (χ0v) is 10.5. The van der Waals surface area contributed by atoms with Gasteiger partial charge in [0, 0.05) is 16.9 Å². The third-order valence-electron chi connectivity index (χ3n) is 3.09. The summed E-state index contributed by atoms with van der Waals surface area (Å²) >= 11 is 5.89. The van der Waals surface area contributed by atoms with Crippen molar-refractivity contribution in [1.29, 1.82) is 5.41 Å². The second-order valence-electron chi connectivity index (χ2n) is 4.82. The van der Waals surface area contributed by atoms with E-state index in [1.54, 1.807) is 0 Å². The van der Waals surface area contributed by atoms with Crippen LogP contribution in [0.5, 0.6) is 0 Å². The van der Waals surface area contributed by atoms with Crippen LogP contribution in [0.3, 0.4) is 0 Å². The van der Waals surface area contributed by atoms with Crippen LogP contribution in [0.4, 0.5) is 0 Å². The molecule has 1 fully saturated rings. The standard InChI is InChI=1S/C13H17ClN2O/c14-11-3-1-2-10(6-11)8-17-9-13(4-5-13)7-12(15)16/h1-3,6H,4-5,7-9H2,(H3,15,16). The molecule has 2 rings (SSSR count). The predicted octanol–water partition coefficient (Wildman–Crippen LogP) is 2.96. The lowest BCUT2D eigenvalue weighted by molar-refractivity contribution is 0.0802. The minimum absolute atomic E-state index is 0.143. The number of ether oxygens (including phenoxy) is 1. The van der Waals surface area contributed by atoms with Crippen LogP contribution in [-0.4, -0.2) is 12.4 Å². The van der Waals surface area contributed by atoms with Crippen molar-refractivity contribution >= 4 is 17.4 Å². The summed E-state index contributed by atoms with van der Waals surface area (Å²) < 4.78 is 5.69. The van der Waals surface area contributed by atoms with Gasteiger partial charge in [0.05, 0.1) is 19.0 Å². The molecule has 0 aliphatic heterocycles. The third kappa shape index (κ3) is 3.72. The van der Waals surface area contributed by atoms with Gasteiger partial charge in [-0.25, -0.2) is 0 Å². The molecule has 4 heteroatoms. The number of rotatable bonds is 6. The summed E-state index contributed by atoms with van der Waals surface area (Å²) in [6.45, 7) is 1.25. The normalized spacial score (nSPS) is 16.8. The summed E-state index contributed by atoms with van der Waals surface area (Å²) in [6, 6.07) is 7.68. The van der Waals surface area contributed by atoms with Gasteiger partial charge in [0.25, 0.3) is 0 Å². The molecule has 0 unspecified atom stereocenters. The Morgan fingerprint density at radius 2 is 2.24 bits per heavy atom. The van der Waals surface area contributed by atoms with E-state index < -0.39 is 0 Å². The fraction of sp³-hybridized carbons (Fsp3) is 0.462. The van der Waals surface area contributed by atoms with E-state index in [4.69, 9.17) is 27.5 Å². The van der Waals surface area contributed by atoms with E-state index in [0.29, 0.717) is 19.6 Å². The Bertz CT molecular complexity index is 416. The average molecular weight is 253 g/mol. The number of hydrogen-bond acceptors (Lipinski definition) is 2. The quantitative estimate of drug-likeness (QED) is 0.604. The van der Waals surface area contributed by atoms with Crippen LogP contribution < -0.4 is 5.73 Å². The van der Waals surface area contributed by atoms with Gasteiger partial charge >= 0.3 is 0 Å². The summed E-state index contributed by atoms with van der Waals surface area (Å²) in [5.74, 6) is 0.258. The largest absolute Gasteiger partial charge is 0.388 e. The first-order valence-corrected chi connectivity index (χ1v) is 6.13. The molecule has 0 bridgehead atoms. The maximum Gasteiger partial charge on any atom is 0.0911 e. The first-order chi connectivity index (χ1) is 8.10. The second kappa shape index (κ2) is 5.07. The lowest BCUT2D eigenvalue weighted by atomic mass is 10.0. The lowest BCUT2D eigenvalue weighted by Gasteiger charge is -2.14. The fourth-order valence-corrected chi connectivity index (χ4v) is 2.18. The minimum Gasteiger partial charge on any atom is -0.388 e. The number of nitrogens with one attached hydrogen (secondary N) is 1. The fourth-order valence-electron chi connectivity index (χ4n) is 1.97. The Hall–Kier alpha value is -1.06. The maximum atomic E-state index is 7.32. The zero-order valence-electron chi connectivity index (χ0n) is 9.71. The molecule has 0 atom stereocenters. The smallest absolute Gasteiger partial charge is 0.0911 e. The van der Waals surface area contributed by atoms with Crippen LogP contribution in [0, 0.1) is 10.8 Å². The molecule has 0 aromatic heterocycles. The highest BCUT2D eigenvalue weighted by Gasteiger charge is 2.43. The number of hydrogen-bond donors (Lipinski definition) is 2. The van der Waals surface area contributed by atoms with E-state index in [2.05, 4.69) is 0 Å². The number of halogens is 1. The highest BCUT2D eigenvalue weighted by molar-refractivity contribution is 6.30. The van der Waals surface area contributed by atoms with Crippen LogP contribution in [0.1, 0.15) is 24.8 Å². The van der Waals surface area contributed by atoms with E-state index in [1.165, 1.54) is 0 Å². The molecule has 0 radical (unpaired) electrons. The van der Waals surface area contributed by atoms with Gasteiger partial charge in [-0.15, -0.1) is 0 Å². The molecular formula is C13H17ClN2O. The molecule has 1 aliphatic rings. The molecule has 1 aromatic rings. The highest BCUT2D eigenvalue weighted by atomic mass is 35.5. The number of nitrogens with two attached hydrogens (primary N) is 1. The second-order valence-corrected chi connectivity index (χ2v) is 5.26. The van der Waals surface area contributed by atoms with Gasteiger partial charge in [0.2, 0.25) is 0 Å². The molecule has 3 nitrogen and oxygen atoms in total. The Balaban J connectivity index is 1.78. The lowest BCUT2D eigenvalue weighted by Crippen LogP contribution is -2.20. The summed E-state index contributed by atoms with van der Waals surface area (Å²) in [6.07, 6.45) is 2.88. The Labute approximate surface area is 106 Å². The Morgan fingerprint density at radius 1 is 1.47 bits per heavy atom. The number of amidine groups is 1. The van der Waals surface area contributed by atoms with Crippen LogP contribution in [0.25, 0.3) is 0 Å². The van der Waals surface area contributed by atoms with Crippen molar-refractivity contribution in [2.45, 2.75) is 25.9 Å². The molecule has 1 aliphatic carbocycles. The molecule has 0 spiro atoms. The topological polar surface area (TPSA) is 59.1 Å². The first kappa shape index (κ1) is 12.4. The Kier molecular flexibility index (Phi) is 3.69. The third-order valence-corrected chi connectivity index (χ3v) is 3.32. The van der Waals surface area contributed by atoms with Crippen molar-refractivity contribution in [3.8, 4) is 0 Å². The van der Waals surface area contributed by atoms with E-state index in [-0.39, 0.29) is 11.3 Å². The van der Waals surface area contributed by atoms with Gasteiger partial charge in [-0.3, -0.25) is 5.41 Å². The van der Waals surface area contributed by atoms with Gasteiger partial charge in [0.1, 0.15) is 0 Å². The number of benzene rings is 1. The van der Waals surface area contributed by atoms with E-state index in [9.17, 15) is 0 Å². The van der Waals surface area contributed by atoms with Crippen LogP contribution >= 0.6 is 11.6 Å². The van der Waals surface area contributed by atoms with E-state index in [0.717, 1.165) is 23.4 Å². The minimum atomic E-state index is 0.143. The summed E-state index contributed by atoms with van der Waals surface area (Å²) in [5, 5.41) is 8.05. The maximum absolute atomic E-state index is 7.32. The van der Waals surface area contributed by atoms with Crippen molar-refractivity contribution < 1.29 is 4.74 Å². The molecule has 0 heterocycles. The van der Waals surface area contributed by atoms with Crippen molar-refractivity contribution in [3.63, 3.8) is 0 Å². The molecule has 1 saturated carbocycles. The van der Waals surface area contributed by atoms with Crippen molar-refractivity contribution in [3.05, 3.63) is 34.9 Å². The molecule has 17 heavy (non-hydrogen) atoms. The van der Waals surface area contributed by atoms with Gasteiger partial charge in [-0.2, -0.15) is 0 Å². The van der Waals surface area contributed by atoms with Crippen molar-refractivity contribution in [1.82, 2.24) is 0 Å². The van der Waals surface area contributed by atoms with Gasteiger partial charge < -0.3 is 10.5 Å². The van der Waals surface area contributed by atoms with Gasteiger partial charge in [0.15, 0.2) is 0 Å². The Morgan fingerprint density at radius 3 is 2.82 bits per heavy atom. The molecule has 1 aromatic carbocycles. The zero-order chi connectivity index (χ0) is 12.3. The van der Waals surface area contributed by atoms with Crippen molar-refractivity contribution in [2.75, 3.05) is 6.61 Å². The SMILES string of the molecule is N=C(N)CC1(COCc2cccc(Cl)c2)CC1. The summed E-state index contributed by atoms with van der Waals surface area (Å²) in [4.78, 5) is 0. The monoisotopic (exact) mass is 252 g/mol. The van der Waals surface area contributed by atoms with E-state index in [1.807, 2.05) is 24.3 Å². The van der Waals surface area contributed by atoms with Gasteiger partial charge in [-0.1, -0.05) is 23.7 Å². The van der Waals surface area contributed by atoms with Crippen LogP contribution in [0.2, 0.25) is 5.02 Å². The molecule has 0 amide bonds. The summed E-state index contributed by atoms with van der Waals surface area (Å²) in [7, 11) is 0. The highest BCUT2D eigenvalue weighted by Crippen LogP contribution is 2.48.